The molecule has 2 aliphatic heterocycles. The van der Waals surface area contributed by atoms with E-state index < -0.39 is 0 Å². The van der Waals surface area contributed by atoms with E-state index in [1.165, 1.54) is 31.5 Å². The smallest absolute Gasteiger partial charge is 0.156 e. The first-order chi connectivity index (χ1) is 11.9. The number of H-pyrrole nitrogens is 1. The van der Waals surface area contributed by atoms with Gasteiger partial charge >= 0.3 is 0 Å². The zero-order valence-electron chi connectivity index (χ0n) is 14.2. The van der Waals surface area contributed by atoms with E-state index >= 15 is 0 Å². The van der Waals surface area contributed by atoms with Gasteiger partial charge in [0.2, 0.25) is 0 Å². The molecule has 128 valence electrons. The van der Waals surface area contributed by atoms with E-state index in [0.717, 1.165) is 50.2 Å². The van der Waals surface area contributed by atoms with Crippen molar-refractivity contribution in [3.05, 3.63) is 47.5 Å². The zero-order valence-corrected chi connectivity index (χ0v) is 14.2. The van der Waals surface area contributed by atoms with Crippen molar-refractivity contribution in [2.24, 2.45) is 5.92 Å². The highest BCUT2D eigenvalue weighted by Gasteiger charge is 2.24. The Bertz CT molecular complexity index is 628. The predicted molar refractivity (Wildman–Crippen MR) is 92.7 cm³/mol. The number of aromatic nitrogens is 3. The molecule has 2 fully saturated rings. The van der Waals surface area contributed by atoms with Crippen LogP contribution in [-0.2, 0) is 17.7 Å². The third-order valence-corrected chi connectivity index (χ3v) is 5.28. The summed E-state index contributed by atoms with van der Waals surface area (Å²) >= 11 is 0. The van der Waals surface area contributed by atoms with Crippen LogP contribution in [0.1, 0.15) is 42.4 Å². The van der Waals surface area contributed by atoms with Crippen LogP contribution in [0.25, 0.3) is 0 Å². The molecule has 24 heavy (non-hydrogen) atoms. The van der Waals surface area contributed by atoms with Crippen LogP contribution in [0.3, 0.4) is 0 Å². The maximum Gasteiger partial charge on any atom is 0.156 e. The summed E-state index contributed by atoms with van der Waals surface area (Å²) in [5.74, 6) is 3.11. The monoisotopic (exact) mass is 326 g/mol. The van der Waals surface area contributed by atoms with Crippen LogP contribution in [0.15, 0.2) is 30.3 Å². The Balaban J connectivity index is 1.26. The molecule has 5 heteroatoms. The first-order valence-corrected chi connectivity index (χ1v) is 9.12. The van der Waals surface area contributed by atoms with Gasteiger partial charge in [0.15, 0.2) is 5.82 Å². The molecule has 1 aromatic heterocycles. The maximum atomic E-state index is 5.43. The van der Waals surface area contributed by atoms with Gasteiger partial charge < -0.3 is 4.74 Å². The highest BCUT2D eigenvalue weighted by molar-refractivity contribution is 5.14. The minimum absolute atomic E-state index is 0.391. The van der Waals surface area contributed by atoms with Gasteiger partial charge in [0.25, 0.3) is 0 Å². The number of benzene rings is 1. The fourth-order valence-corrected chi connectivity index (χ4v) is 3.79. The van der Waals surface area contributed by atoms with Crippen LogP contribution in [0.2, 0.25) is 0 Å². The second-order valence-corrected chi connectivity index (χ2v) is 7.11. The van der Waals surface area contributed by atoms with Crippen LogP contribution >= 0.6 is 0 Å². The lowest BCUT2D eigenvalue weighted by atomic mass is 9.93. The van der Waals surface area contributed by atoms with E-state index in [9.17, 15) is 0 Å². The molecule has 0 bridgehead atoms. The number of piperidine rings is 1. The van der Waals surface area contributed by atoms with Crippen LogP contribution in [-0.4, -0.2) is 46.4 Å². The number of hydrogen-bond acceptors (Lipinski definition) is 4. The van der Waals surface area contributed by atoms with Gasteiger partial charge in [-0.15, -0.1) is 0 Å². The molecule has 0 aliphatic carbocycles. The summed E-state index contributed by atoms with van der Waals surface area (Å²) in [4.78, 5) is 7.28. The van der Waals surface area contributed by atoms with Gasteiger partial charge in [-0.05, 0) is 43.8 Å². The van der Waals surface area contributed by atoms with Crippen molar-refractivity contribution < 1.29 is 4.74 Å². The molecule has 4 rings (SSSR count). The Morgan fingerprint density at radius 2 is 1.96 bits per heavy atom. The largest absolute Gasteiger partial charge is 0.381 e. The number of likely N-dealkylation sites (tertiary alicyclic amines) is 1. The lowest BCUT2D eigenvalue weighted by Crippen LogP contribution is -2.33. The second-order valence-electron chi connectivity index (χ2n) is 7.11. The molecule has 1 aromatic carbocycles. The van der Waals surface area contributed by atoms with Crippen LogP contribution < -0.4 is 0 Å². The van der Waals surface area contributed by atoms with E-state index in [1.54, 1.807) is 0 Å². The molecule has 2 aliphatic rings. The van der Waals surface area contributed by atoms with Crippen LogP contribution in [0.4, 0.5) is 0 Å². The first kappa shape index (κ1) is 15.8. The Labute approximate surface area is 143 Å². The summed E-state index contributed by atoms with van der Waals surface area (Å²) in [6.07, 6.45) is 4.57. The lowest BCUT2D eigenvalue weighted by Gasteiger charge is -2.31. The third-order valence-electron chi connectivity index (χ3n) is 5.28. The topological polar surface area (TPSA) is 54.0 Å². The molecule has 5 nitrogen and oxygen atoms in total. The normalized spacial score (nSPS) is 22.9. The molecule has 2 saturated heterocycles. The van der Waals surface area contributed by atoms with E-state index in [1.807, 2.05) is 0 Å². The van der Waals surface area contributed by atoms with Crippen molar-refractivity contribution in [3.8, 4) is 0 Å². The van der Waals surface area contributed by atoms with Crippen molar-refractivity contribution in [1.29, 1.82) is 0 Å². The van der Waals surface area contributed by atoms with Gasteiger partial charge in [-0.25, -0.2) is 4.98 Å². The van der Waals surface area contributed by atoms with Gasteiger partial charge in [-0.1, -0.05) is 30.3 Å². The fourth-order valence-electron chi connectivity index (χ4n) is 3.79. The van der Waals surface area contributed by atoms with Gasteiger partial charge in [0.1, 0.15) is 5.82 Å². The van der Waals surface area contributed by atoms with Gasteiger partial charge in [0, 0.05) is 25.5 Å². The van der Waals surface area contributed by atoms with Gasteiger partial charge in [0.05, 0.1) is 6.61 Å². The summed E-state index contributed by atoms with van der Waals surface area (Å²) in [5.41, 5.74) is 1.41. The minimum Gasteiger partial charge on any atom is -0.381 e. The molecule has 1 N–H and O–H groups in total. The average molecular weight is 326 g/mol. The number of hydrogen-bond donors (Lipinski definition) is 1. The van der Waals surface area contributed by atoms with Crippen molar-refractivity contribution >= 4 is 0 Å². The van der Waals surface area contributed by atoms with E-state index in [-0.39, 0.29) is 0 Å². The molecule has 0 saturated carbocycles. The highest BCUT2D eigenvalue weighted by atomic mass is 16.5. The number of ether oxygens (including phenoxy) is 1. The molecule has 2 aromatic rings. The van der Waals surface area contributed by atoms with E-state index in [0.29, 0.717) is 5.92 Å². The summed E-state index contributed by atoms with van der Waals surface area (Å²) in [5, 5.41) is 7.56. The number of aromatic amines is 1. The zero-order chi connectivity index (χ0) is 16.2. The SMILES string of the molecule is c1ccc(CN2CCC(Cc3nc([C@H]4CCOC4)n[nH]3)CC2)cc1. The Morgan fingerprint density at radius 3 is 2.71 bits per heavy atom. The molecular formula is C19H26N4O. The molecule has 1 atom stereocenters. The quantitative estimate of drug-likeness (QED) is 0.918. The molecule has 3 heterocycles. The molecule has 0 unspecified atom stereocenters. The molecule has 0 spiro atoms. The summed E-state index contributed by atoms with van der Waals surface area (Å²) in [6.45, 7) is 5.04. The standard InChI is InChI=1S/C19H26N4O/c1-2-4-16(5-3-1)13-23-9-6-15(7-10-23)12-18-20-19(22-21-18)17-8-11-24-14-17/h1-5,15,17H,6-14H2,(H,20,21,22)/t17-/m0/s1. The Hall–Kier alpha value is -1.72. The summed E-state index contributed by atoms with van der Waals surface area (Å²) < 4.78 is 5.43. The molecule has 0 amide bonds. The third kappa shape index (κ3) is 3.84. The minimum atomic E-state index is 0.391. The lowest BCUT2D eigenvalue weighted by molar-refractivity contribution is 0.176. The number of rotatable bonds is 5. The number of nitrogens with zero attached hydrogens (tertiary/aromatic N) is 3. The van der Waals surface area contributed by atoms with Crippen molar-refractivity contribution in [3.63, 3.8) is 0 Å². The van der Waals surface area contributed by atoms with E-state index in [2.05, 4.69) is 45.4 Å². The molecular weight excluding hydrogens is 300 g/mol. The number of nitrogens with one attached hydrogen (secondary N) is 1. The molecule has 0 radical (unpaired) electrons. The highest BCUT2D eigenvalue weighted by Crippen LogP contribution is 2.24. The summed E-state index contributed by atoms with van der Waals surface area (Å²) in [6, 6.07) is 10.8. The average Bonchev–Trinajstić information content (AvgIpc) is 3.29. The predicted octanol–water partition coefficient (Wildman–Crippen LogP) is 2.76. The van der Waals surface area contributed by atoms with Crippen LogP contribution in [0, 0.1) is 5.92 Å². The first-order valence-electron chi connectivity index (χ1n) is 9.12. The summed E-state index contributed by atoms with van der Waals surface area (Å²) in [7, 11) is 0. The Morgan fingerprint density at radius 1 is 1.12 bits per heavy atom. The van der Waals surface area contributed by atoms with Crippen molar-refractivity contribution in [2.75, 3.05) is 26.3 Å². The van der Waals surface area contributed by atoms with Crippen molar-refractivity contribution in [1.82, 2.24) is 20.1 Å². The fraction of sp³-hybridized carbons (Fsp3) is 0.579. The van der Waals surface area contributed by atoms with Crippen LogP contribution in [0.5, 0.6) is 0 Å². The van der Waals surface area contributed by atoms with Gasteiger partial charge in [-0.2, -0.15) is 5.10 Å². The Kier molecular flexibility index (Phi) is 4.90. The van der Waals surface area contributed by atoms with Gasteiger partial charge in [-0.3, -0.25) is 10.00 Å². The van der Waals surface area contributed by atoms with E-state index in [4.69, 9.17) is 9.72 Å². The van der Waals surface area contributed by atoms with Crippen molar-refractivity contribution in [2.45, 2.75) is 38.1 Å². The maximum absolute atomic E-state index is 5.43. The second kappa shape index (κ2) is 7.45.